The van der Waals surface area contributed by atoms with Gasteiger partial charge in [-0.2, -0.15) is 0 Å². The molecule has 1 unspecified atom stereocenters. The van der Waals surface area contributed by atoms with Gasteiger partial charge in [-0.25, -0.2) is 0 Å². The first-order valence-corrected chi connectivity index (χ1v) is 16.6. The molecule has 0 aromatic heterocycles. The van der Waals surface area contributed by atoms with E-state index in [1.165, 1.54) is 6.42 Å². The minimum Gasteiger partial charge on any atom is -0.367 e. The van der Waals surface area contributed by atoms with E-state index in [0.29, 0.717) is 46.7 Å². The summed E-state index contributed by atoms with van der Waals surface area (Å²) >= 11 is 25.4. The third-order valence-electron chi connectivity index (χ3n) is 9.38. The average molecular weight is 743 g/mol. The van der Waals surface area contributed by atoms with Gasteiger partial charge in [0, 0.05) is 40.3 Å². The fourth-order valence-electron chi connectivity index (χ4n) is 6.94. The first-order valence-electron chi connectivity index (χ1n) is 15.1. The van der Waals surface area contributed by atoms with Gasteiger partial charge in [-0.3, -0.25) is 14.5 Å². The normalized spacial score (nSPS) is 22.2. The van der Waals surface area contributed by atoms with Gasteiger partial charge in [0.2, 0.25) is 5.91 Å². The number of carbonyl (C=O) groups excluding carboxylic acids is 2. The number of halogens is 6. The molecule has 0 saturated carbocycles. The second-order valence-corrected chi connectivity index (χ2v) is 13.8. The van der Waals surface area contributed by atoms with Crippen LogP contribution in [0.25, 0.3) is 0 Å². The highest BCUT2D eigenvalue weighted by Gasteiger charge is 2.48. The second-order valence-electron chi connectivity index (χ2n) is 12.2. The summed E-state index contributed by atoms with van der Waals surface area (Å²) in [5.74, 6) is 0.0255. The molecule has 0 N–H and O–H groups in total. The van der Waals surface area contributed by atoms with Crippen molar-refractivity contribution >= 4 is 83.0 Å². The number of piperidine rings is 2. The zero-order chi connectivity index (χ0) is 30.8. The van der Waals surface area contributed by atoms with E-state index in [9.17, 15) is 9.59 Å². The fourth-order valence-corrected chi connectivity index (χ4v) is 7.61. The van der Waals surface area contributed by atoms with Gasteiger partial charge in [0.15, 0.2) is 0 Å². The van der Waals surface area contributed by atoms with Crippen molar-refractivity contribution in [3.05, 3.63) is 67.6 Å². The number of nitrogens with zero attached hydrogens (tertiary/aromatic N) is 4. The molecular formula is C32H42Cl6N4O3. The van der Waals surface area contributed by atoms with Gasteiger partial charge >= 0.3 is 0 Å². The van der Waals surface area contributed by atoms with Crippen LogP contribution < -0.4 is 0 Å². The molecule has 3 aliphatic rings. The molecule has 2 aromatic rings. The molecule has 3 heterocycles. The predicted molar refractivity (Wildman–Crippen MR) is 188 cm³/mol. The number of carbonyl (C=O) groups is 2. The van der Waals surface area contributed by atoms with Crippen LogP contribution in [0.2, 0.25) is 20.1 Å². The largest absolute Gasteiger partial charge is 0.367 e. The summed E-state index contributed by atoms with van der Waals surface area (Å²) in [6.45, 7) is 5.45. The smallest absolute Gasteiger partial charge is 0.255 e. The van der Waals surface area contributed by atoms with Crippen LogP contribution in [-0.4, -0.2) is 103 Å². The Morgan fingerprint density at radius 1 is 0.867 bits per heavy atom. The zero-order valence-electron chi connectivity index (χ0n) is 25.7. The molecule has 45 heavy (non-hydrogen) atoms. The van der Waals surface area contributed by atoms with Crippen LogP contribution in [0.1, 0.15) is 54.4 Å². The van der Waals surface area contributed by atoms with Crippen molar-refractivity contribution < 1.29 is 14.3 Å². The van der Waals surface area contributed by atoms with Gasteiger partial charge in [-0.1, -0.05) is 65.0 Å². The van der Waals surface area contributed by atoms with Crippen LogP contribution in [0.5, 0.6) is 0 Å². The van der Waals surface area contributed by atoms with Gasteiger partial charge in [0.05, 0.1) is 38.8 Å². The maximum atomic E-state index is 13.7. The Morgan fingerprint density at radius 3 is 2.20 bits per heavy atom. The summed E-state index contributed by atoms with van der Waals surface area (Å²) in [7, 11) is 3.73. The number of likely N-dealkylation sites (N-methyl/N-ethyl adjacent to an activating group) is 1. The topological polar surface area (TPSA) is 56.3 Å². The highest BCUT2D eigenvalue weighted by Crippen LogP contribution is 2.39. The third-order valence-corrected chi connectivity index (χ3v) is 10.9. The molecule has 250 valence electrons. The predicted octanol–water partition coefficient (Wildman–Crippen LogP) is 7.31. The van der Waals surface area contributed by atoms with Crippen molar-refractivity contribution in [1.82, 2.24) is 19.6 Å². The van der Waals surface area contributed by atoms with Gasteiger partial charge in [-0.15, -0.1) is 24.8 Å². The molecule has 5 rings (SSSR count). The summed E-state index contributed by atoms with van der Waals surface area (Å²) in [4.78, 5) is 35.7. The van der Waals surface area contributed by atoms with E-state index in [4.69, 9.17) is 51.1 Å². The first kappa shape index (κ1) is 38.4. The van der Waals surface area contributed by atoms with Crippen molar-refractivity contribution in [1.29, 1.82) is 0 Å². The maximum Gasteiger partial charge on any atom is 0.255 e. The fraction of sp³-hybridized carbons (Fsp3) is 0.562. The third kappa shape index (κ3) is 8.18. The minimum absolute atomic E-state index is 0. The van der Waals surface area contributed by atoms with Crippen LogP contribution in [0.15, 0.2) is 36.4 Å². The summed E-state index contributed by atoms with van der Waals surface area (Å²) < 4.78 is 6.56. The van der Waals surface area contributed by atoms with Crippen LogP contribution in [0.3, 0.4) is 0 Å². The van der Waals surface area contributed by atoms with Gasteiger partial charge in [0.25, 0.3) is 5.91 Å². The molecule has 0 aliphatic carbocycles. The number of amides is 2. The Hall–Kier alpha value is -1.000. The Bertz CT molecular complexity index is 1330. The Morgan fingerprint density at radius 2 is 1.56 bits per heavy atom. The molecule has 1 atom stereocenters. The number of benzene rings is 2. The van der Waals surface area contributed by atoms with Crippen molar-refractivity contribution in [3.63, 3.8) is 0 Å². The van der Waals surface area contributed by atoms with E-state index in [1.54, 1.807) is 34.1 Å². The highest BCUT2D eigenvalue weighted by molar-refractivity contribution is 6.44. The van der Waals surface area contributed by atoms with Gasteiger partial charge in [0.1, 0.15) is 11.1 Å². The van der Waals surface area contributed by atoms with Crippen molar-refractivity contribution in [2.75, 3.05) is 66.5 Å². The lowest BCUT2D eigenvalue weighted by Gasteiger charge is -2.50. The number of likely N-dealkylation sites (tertiary alicyclic amines) is 2. The minimum atomic E-state index is -0.798. The summed E-state index contributed by atoms with van der Waals surface area (Å²) in [5, 5.41) is 1.49. The maximum absolute atomic E-state index is 13.7. The van der Waals surface area contributed by atoms with Gasteiger partial charge < -0.3 is 19.4 Å². The SMILES string of the molecule is CN(C)C(=O)C1(N2CCCCC2)CCN(CCC2(c3ccc(Cl)c(Cl)c3)CN(C(=O)c3cccc(Cl)c3Cl)CCO2)CC1.Cl.Cl. The van der Waals surface area contributed by atoms with Crippen molar-refractivity contribution in [2.45, 2.75) is 49.7 Å². The van der Waals surface area contributed by atoms with E-state index in [2.05, 4.69) is 9.80 Å². The molecule has 3 fully saturated rings. The molecule has 3 saturated heterocycles. The average Bonchev–Trinajstić information content (AvgIpc) is 3.02. The van der Waals surface area contributed by atoms with Gasteiger partial charge in [-0.05, 0) is 75.0 Å². The van der Waals surface area contributed by atoms with E-state index in [1.807, 2.05) is 26.2 Å². The number of hydrogen-bond acceptors (Lipinski definition) is 5. The molecule has 13 heteroatoms. The highest BCUT2D eigenvalue weighted by atomic mass is 35.5. The van der Waals surface area contributed by atoms with Crippen LogP contribution in [-0.2, 0) is 15.1 Å². The zero-order valence-corrected chi connectivity index (χ0v) is 30.4. The molecule has 0 spiro atoms. The number of rotatable bonds is 7. The van der Waals surface area contributed by atoms with E-state index < -0.39 is 11.1 Å². The lowest BCUT2D eigenvalue weighted by Crippen LogP contribution is -2.64. The molecule has 0 radical (unpaired) electrons. The number of hydrogen-bond donors (Lipinski definition) is 0. The summed E-state index contributed by atoms with van der Waals surface area (Å²) in [5.41, 5.74) is 0.00482. The van der Waals surface area contributed by atoms with Crippen LogP contribution >= 0.6 is 71.2 Å². The lowest BCUT2D eigenvalue weighted by atomic mass is 9.82. The van der Waals surface area contributed by atoms with Crippen molar-refractivity contribution in [2.24, 2.45) is 0 Å². The summed E-state index contributed by atoms with van der Waals surface area (Å²) in [6.07, 6.45) is 5.74. The molecule has 2 amide bonds. The molecule has 3 aliphatic heterocycles. The monoisotopic (exact) mass is 740 g/mol. The Labute approximate surface area is 299 Å². The number of ether oxygens (including phenoxy) is 1. The summed E-state index contributed by atoms with van der Waals surface area (Å²) in [6, 6.07) is 10.7. The second kappa shape index (κ2) is 16.4. The molecular weight excluding hydrogens is 701 g/mol. The Balaban J connectivity index is 0.00000276. The molecule has 0 bridgehead atoms. The van der Waals surface area contributed by atoms with Crippen LogP contribution in [0, 0.1) is 0 Å². The number of morpholine rings is 1. The van der Waals surface area contributed by atoms with E-state index in [-0.39, 0.29) is 41.7 Å². The van der Waals surface area contributed by atoms with E-state index in [0.717, 1.165) is 64.0 Å². The molecule has 2 aromatic carbocycles. The quantitative estimate of drug-likeness (QED) is 0.298. The van der Waals surface area contributed by atoms with Crippen molar-refractivity contribution in [3.8, 4) is 0 Å². The van der Waals surface area contributed by atoms with Crippen LogP contribution in [0.4, 0.5) is 0 Å². The molecule has 7 nitrogen and oxygen atoms in total. The first-order chi connectivity index (χ1) is 20.6. The van der Waals surface area contributed by atoms with E-state index >= 15 is 0 Å². The standard InChI is InChI=1S/C32H40Cl4N4O3.2ClH/c1-37(2)30(42)31(40-14-4-3-5-15-40)11-16-38(17-12-31)18-13-32(23-9-10-25(33)27(35)21-23)22-39(19-20-43-32)29(41)24-7-6-8-26(34)28(24)36;;/h6-10,21H,3-5,11-20,22H2,1-2H3;2*1H. The lowest BCUT2D eigenvalue weighted by molar-refractivity contribution is -0.147. The Kier molecular flexibility index (Phi) is 14.0.